The predicted octanol–water partition coefficient (Wildman–Crippen LogP) is 5.74. The summed E-state index contributed by atoms with van der Waals surface area (Å²) in [6, 6.07) is 17.0. The number of benzene rings is 2. The van der Waals surface area contributed by atoms with Gasteiger partial charge >= 0.3 is 0 Å². The first kappa shape index (κ1) is 25.8. The Kier molecular flexibility index (Phi) is 6.62. The molecule has 0 saturated carbocycles. The third kappa shape index (κ3) is 4.85. The number of H-pyrrole nitrogens is 1. The number of rotatable bonds is 7. The van der Waals surface area contributed by atoms with Crippen molar-refractivity contribution in [3.63, 3.8) is 0 Å². The Morgan fingerprint density at radius 1 is 1.15 bits per heavy atom. The minimum absolute atomic E-state index is 0.0687. The van der Waals surface area contributed by atoms with E-state index in [1.165, 1.54) is 0 Å². The number of fused-ring (bicyclic) bond motifs is 2. The number of nitrogens with zero attached hydrogens (tertiary/aromatic N) is 1. The quantitative estimate of drug-likeness (QED) is 0.277. The number of nitrogens with one attached hydrogen (secondary N) is 3. The second-order valence-corrected chi connectivity index (χ2v) is 11.3. The number of para-hydroxylation sites is 2. The average molecular weight is 539 g/mol. The zero-order valence-corrected chi connectivity index (χ0v) is 23.0. The van der Waals surface area contributed by atoms with Crippen LogP contribution in [0.15, 0.2) is 82.7 Å². The fourth-order valence-corrected chi connectivity index (χ4v) is 6.01. The van der Waals surface area contributed by atoms with Gasteiger partial charge in [0.05, 0.1) is 31.3 Å². The van der Waals surface area contributed by atoms with E-state index in [1.807, 2.05) is 65.7 Å². The molecule has 4 aromatic rings. The summed E-state index contributed by atoms with van der Waals surface area (Å²) in [5, 5.41) is 7.74. The number of carbonyl (C=O) groups is 2. The van der Waals surface area contributed by atoms with E-state index < -0.39 is 6.04 Å². The average Bonchev–Trinajstić information content (AvgIpc) is 3.57. The normalized spacial score (nSPS) is 18.1. The predicted molar refractivity (Wildman–Crippen MR) is 155 cm³/mol. The second kappa shape index (κ2) is 10.3. The first-order chi connectivity index (χ1) is 19.3. The van der Waals surface area contributed by atoms with Crippen molar-refractivity contribution in [2.24, 2.45) is 5.41 Å². The summed E-state index contributed by atoms with van der Waals surface area (Å²) in [5.74, 6) is 1.38. The van der Waals surface area contributed by atoms with E-state index in [0.29, 0.717) is 30.7 Å². The fourth-order valence-electron chi connectivity index (χ4n) is 6.01. The number of hydrogen-bond donors (Lipinski definition) is 3. The molecule has 2 aliphatic rings. The number of aromatic amines is 1. The molecule has 0 fully saturated rings. The molecule has 8 nitrogen and oxygen atoms in total. The molecule has 40 heavy (non-hydrogen) atoms. The maximum atomic E-state index is 13.7. The minimum atomic E-state index is -0.517. The highest BCUT2D eigenvalue weighted by Crippen LogP contribution is 2.48. The Hall–Kier alpha value is -4.46. The summed E-state index contributed by atoms with van der Waals surface area (Å²) in [7, 11) is 1.65. The summed E-state index contributed by atoms with van der Waals surface area (Å²) in [6.45, 7) is 4.77. The molecule has 0 spiro atoms. The Balaban J connectivity index is 1.28. The first-order valence-electron chi connectivity index (χ1n) is 13.7. The maximum Gasteiger partial charge on any atom is 0.239 e. The smallest absolute Gasteiger partial charge is 0.239 e. The number of ether oxygens (including phenoxy) is 1. The van der Waals surface area contributed by atoms with Crippen molar-refractivity contribution in [2.75, 3.05) is 30.4 Å². The van der Waals surface area contributed by atoms with Crippen LogP contribution in [0.3, 0.4) is 0 Å². The Labute approximate surface area is 233 Å². The second-order valence-electron chi connectivity index (χ2n) is 11.3. The van der Waals surface area contributed by atoms with Crippen molar-refractivity contribution in [3.8, 4) is 5.75 Å². The number of aromatic nitrogens is 1. The van der Waals surface area contributed by atoms with Gasteiger partial charge in [-0.2, -0.15) is 0 Å². The monoisotopic (exact) mass is 538 g/mol. The molecule has 0 saturated heterocycles. The van der Waals surface area contributed by atoms with Gasteiger partial charge in [0.1, 0.15) is 17.6 Å². The minimum Gasteiger partial charge on any atom is -0.497 e. The van der Waals surface area contributed by atoms with Gasteiger partial charge in [-0.05, 0) is 66.3 Å². The highest BCUT2D eigenvalue weighted by molar-refractivity contribution is 6.01. The van der Waals surface area contributed by atoms with Crippen LogP contribution < -0.4 is 20.3 Å². The largest absolute Gasteiger partial charge is 0.497 e. The molecule has 8 heteroatoms. The van der Waals surface area contributed by atoms with Gasteiger partial charge in [0.15, 0.2) is 5.78 Å². The number of allylic oxidation sites excluding steroid dienone is 1. The zero-order chi connectivity index (χ0) is 27.9. The SMILES string of the molecule is COc1ccc2[nH]cc(CCNC(=O)CN3c4ccccc4NC4=C(C(=O)CC(C)(C)C4)C3c3ccco3)c2c1. The molecule has 2 aromatic carbocycles. The molecule has 3 N–H and O–H groups in total. The lowest BCUT2D eigenvalue weighted by Crippen LogP contribution is -2.42. The summed E-state index contributed by atoms with van der Waals surface area (Å²) >= 11 is 0. The fraction of sp³-hybridized carbons (Fsp3) is 0.312. The van der Waals surface area contributed by atoms with Crippen molar-refractivity contribution in [1.29, 1.82) is 0 Å². The Morgan fingerprint density at radius 2 is 2.00 bits per heavy atom. The molecule has 1 aliphatic carbocycles. The van der Waals surface area contributed by atoms with E-state index in [4.69, 9.17) is 9.15 Å². The van der Waals surface area contributed by atoms with Crippen molar-refractivity contribution in [3.05, 3.63) is 89.7 Å². The molecule has 0 bridgehead atoms. The topological polar surface area (TPSA) is 99.6 Å². The summed E-state index contributed by atoms with van der Waals surface area (Å²) in [4.78, 5) is 32.4. The lowest BCUT2D eigenvalue weighted by atomic mass is 9.74. The van der Waals surface area contributed by atoms with Crippen LogP contribution in [-0.2, 0) is 16.0 Å². The van der Waals surface area contributed by atoms with Gasteiger partial charge < -0.3 is 29.7 Å². The van der Waals surface area contributed by atoms with Crippen molar-refractivity contribution in [2.45, 2.75) is 39.2 Å². The van der Waals surface area contributed by atoms with Crippen LogP contribution in [0.2, 0.25) is 0 Å². The van der Waals surface area contributed by atoms with Crippen LogP contribution in [0.5, 0.6) is 5.75 Å². The number of carbonyl (C=O) groups excluding carboxylic acids is 2. The number of amides is 1. The van der Waals surface area contributed by atoms with Crippen LogP contribution in [0, 0.1) is 5.41 Å². The number of furan rings is 1. The van der Waals surface area contributed by atoms with E-state index >= 15 is 0 Å². The molecular formula is C32H34N4O4. The number of hydrogen-bond acceptors (Lipinski definition) is 6. The number of anilines is 2. The lowest BCUT2D eigenvalue weighted by Gasteiger charge is -2.36. The van der Waals surface area contributed by atoms with Crippen LogP contribution in [-0.4, -0.2) is 36.9 Å². The van der Waals surface area contributed by atoms with E-state index in [-0.39, 0.29) is 23.7 Å². The molecule has 0 radical (unpaired) electrons. The van der Waals surface area contributed by atoms with E-state index in [9.17, 15) is 9.59 Å². The summed E-state index contributed by atoms with van der Waals surface area (Å²) in [5.41, 5.74) is 5.26. The molecule has 3 heterocycles. The van der Waals surface area contributed by atoms with Crippen LogP contribution in [0.25, 0.3) is 10.9 Å². The summed E-state index contributed by atoms with van der Waals surface area (Å²) in [6.07, 6.45) is 5.43. The van der Waals surface area contributed by atoms with Gasteiger partial charge in [-0.15, -0.1) is 0 Å². The maximum absolute atomic E-state index is 13.7. The molecule has 1 amide bonds. The highest BCUT2D eigenvalue weighted by atomic mass is 16.5. The molecule has 1 unspecified atom stereocenters. The third-order valence-electron chi connectivity index (χ3n) is 7.82. The van der Waals surface area contributed by atoms with Gasteiger partial charge in [-0.1, -0.05) is 26.0 Å². The van der Waals surface area contributed by atoms with Gasteiger partial charge in [0.25, 0.3) is 0 Å². The molecule has 1 atom stereocenters. The van der Waals surface area contributed by atoms with Crippen molar-refractivity contribution >= 4 is 34.0 Å². The standard InChI is InChI=1S/C32H34N4O4/c1-32(2)16-25-30(27(37)17-32)31(28-9-6-14-40-28)36(26-8-5-4-7-24(26)35-25)19-29(38)33-13-12-20-18-34-23-11-10-21(39-3)15-22(20)23/h4-11,14-15,18,31,34-35H,12-13,16-17,19H2,1-3H3,(H,33,38). The van der Waals surface area contributed by atoms with Crippen LogP contribution in [0.1, 0.15) is 44.1 Å². The Bertz CT molecular complexity index is 1600. The molecule has 6 rings (SSSR count). The zero-order valence-electron chi connectivity index (χ0n) is 23.0. The van der Waals surface area contributed by atoms with Crippen molar-refractivity contribution < 1.29 is 18.7 Å². The van der Waals surface area contributed by atoms with Gasteiger partial charge in [0, 0.05) is 41.3 Å². The van der Waals surface area contributed by atoms with Gasteiger partial charge in [-0.25, -0.2) is 0 Å². The molecular weight excluding hydrogens is 504 g/mol. The molecule has 206 valence electrons. The van der Waals surface area contributed by atoms with Crippen LogP contribution in [0.4, 0.5) is 11.4 Å². The molecule has 2 aromatic heterocycles. The molecule has 1 aliphatic heterocycles. The first-order valence-corrected chi connectivity index (χ1v) is 13.7. The van der Waals surface area contributed by atoms with E-state index in [1.54, 1.807) is 13.4 Å². The summed E-state index contributed by atoms with van der Waals surface area (Å²) < 4.78 is 11.3. The highest BCUT2D eigenvalue weighted by Gasteiger charge is 2.42. The lowest BCUT2D eigenvalue weighted by molar-refractivity contribution is -0.120. The number of Topliss-reactive ketones (excluding diaryl/α,β-unsaturated/α-hetero) is 1. The third-order valence-corrected chi connectivity index (χ3v) is 7.82. The van der Waals surface area contributed by atoms with Gasteiger partial charge in [0.2, 0.25) is 5.91 Å². The van der Waals surface area contributed by atoms with E-state index in [0.717, 1.165) is 45.7 Å². The van der Waals surface area contributed by atoms with Crippen LogP contribution >= 0.6 is 0 Å². The number of methoxy groups -OCH3 is 1. The van der Waals surface area contributed by atoms with Gasteiger partial charge in [-0.3, -0.25) is 9.59 Å². The van der Waals surface area contributed by atoms with Crippen molar-refractivity contribution in [1.82, 2.24) is 10.3 Å². The van der Waals surface area contributed by atoms with E-state index in [2.05, 4.69) is 29.5 Å². The number of ketones is 1. The Morgan fingerprint density at radius 3 is 2.80 bits per heavy atom.